The number of esters is 1. The Balaban J connectivity index is 1.60. The van der Waals surface area contributed by atoms with Gasteiger partial charge in [0.05, 0.1) is 5.56 Å². The predicted molar refractivity (Wildman–Crippen MR) is 112 cm³/mol. The van der Waals surface area contributed by atoms with Gasteiger partial charge in [0, 0.05) is 21.4 Å². The van der Waals surface area contributed by atoms with Crippen LogP contribution in [0.15, 0.2) is 29.2 Å². The molecule has 2 N–H and O–H groups in total. The van der Waals surface area contributed by atoms with Crippen LogP contribution in [0.1, 0.15) is 33.6 Å². The second kappa shape index (κ2) is 8.79. The minimum Gasteiger partial charge on any atom is -0.452 e. The van der Waals surface area contributed by atoms with Crippen molar-refractivity contribution >= 4 is 51.6 Å². The Morgan fingerprint density at radius 1 is 1.14 bits per heavy atom. The highest BCUT2D eigenvalue weighted by atomic mass is 32.2. The van der Waals surface area contributed by atoms with E-state index in [0.717, 1.165) is 28.2 Å². The number of benzene rings is 1. The Hall–Kier alpha value is -2.32. The van der Waals surface area contributed by atoms with Crippen molar-refractivity contribution in [2.24, 2.45) is 5.92 Å². The molecule has 28 heavy (non-hydrogen) atoms. The third kappa shape index (κ3) is 4.94. The van der Waals surface area contributed by atoms with Gasteiger partial charge in [0.1, 0.15) is 5.00 Å². The fourth-order valence-corrected chi connectivity index (χ4v) is 4.05. The largest absolute Gasteiger partial charge is 0.452 e. The molecule has 0 unspecified atom stereocenters. The van der Waals surface area contributed by atoms with Crippen LogP contribution < -0.4 is 10.6 Å². The van der Waals surface area contributed by atoms with Crippen molar-refractivity contribution in [2.75, 3.05) is 23.5 Å². The summed E-state index contributed by atoms with van der Waals surface area (Å²) in [6.07, 6.45) is 3.74. The van der Waals surface area contributed by atoms with E-state index in [4.69, 9.17) is 4.74 Å². The molecule has 0 atom stereocenters. The van der Waals surface area contributed by atoms with Crippen LogP contribution in [0, 0.1) is 19.8 Å². The monoisotopic (exact) mass is 418 g/mol. The summed E-state index contributed by atoms with van der Waals surface area (Å²) in [4.78, 5) is 38.7. The Kier molecular flexibility index (Phi) is 6.41. The van der Waals surface area contributed by atoms with Crippen LogP contribution in [0.4, 0.5) is 10.7 Å². The number of rotatable bonds is 7. The average molecular weight is 419 g/mol. The number of carbonyl (C=O) groups excluding carboxylic acids is 3. The van der Waals surface area contributed by atoms with E-state index in [-0.39, 0.29) is 11.8 Å². The molecule has 2 amide bonds. The molecule has 0 aliphatic heterocycles. The maximum Gasteiger partial charge on any atom is 0.341 e. The molecule has 0 bridgehead atoms. The molecule has 3 rings (SSSR count). The van der Waals surface area contributed by atoms with E-state index < -0.39 is 18.5 Å². The number of aryl methyl sites for hydroxylation is 1. The lowest BCUT2D eigenvalue weighted by molar-refractivity contribution is -0.119. The first-order valence-electron chi connectivity index (χ1n) is 8.91. The summed E-state index contributed by atoms with van der Waals surface area (Å²) in [5.74, 6) is -1.06. The van der Waals surface area contributed by atoms with E-state index in [2.05, 4.69) is 10.6 Å². The van der Waals surface area contributed by atoms with Gasteiger partial charge in [-0.3, -0.25) is 9.59 Å². The van der Waals surface area contributed by atoms with Gasteiger partial charge in [-0.05, 0) is 62.8 Å². The molecule has 0 spiro atoms. The van der Waals surface area contributed by atoms with Gasteiger partial charge in [0.15, 0.2) is 6.61 Å². The number of carbonyl (C=O) groups is 3. The summed E-state index contributed by atoms with van der Waals surface area (Å²) in [7, 11) is 0. The Labute approximate surface area is 172 Å². The second-order valence-electron chi connectivity index (χ2n) is 6.60. The van der Waals surface area contributed by atoms with Gasteiger partial charge in [-0.2, -0.15) is 0 Å². The number of thioether (sulfide) groups is 1. The summed E-state index contributed by atoms with van der Waals surface area (Å²) in [6, 6.07) is 7.39. The zero-order valence-electron chi connectivity index (χ0n) is 16.0. The summed E-state index contributed by atoms with van der Waals surface area (Å²) in [5.41, 5.74) is 1.72. The minimum absolute atomic E-state index is 0.0369. The van der Waals surface area contributed by atoms with Gasteiger partial charge in [-0.15, -0.1) is 23.1 Å². The first-order valence-corrected chi connectivity index (χ1v) is 10.9. The van der Waals surface area contributed by atoms with Crippen molar-refractivity contribution in [3.8, 4) is 0 Å². The highest BCUT2D eigenvalue weighted by Crippen LogP contribution is 2.36. The fraction of sp³-hybridized carbons (Fsp3) is 0.350. The maximum absolute atomic E-state index is 12.6. The van der Waals surface area contributed by atoms with E-state index in [9.17, 15) is 14.4 Å². The van der Waals surface area contributed by atoms with Gasteiger partial charge in [-0.1, -0.05) is 0 Å². The Morgan fingerprint density at radius 3 is 2.43 bits per heavy atom. The molecule has 1 aliphatic carbocycles. The molecule has 1 aliphatic rings. The Bertz CT molecular complexity index is 902. The molecule has 0 saturated heterocycles. The van der Waals surface area contributed by atoms with Crippen LogP contribution in [-0.2, 0) is 14.3 Å². The number of hydrogen-bond donors (Lipinski definition) is 2. The quantitative estimate of drug-likeness (QED) is 0.519. The summed E-state index contributed by atoms with van der Waals surface area (Å²) in [6.45, 7) is 3.30. The SMILES string of the molecule is CSc1ccc(NC(=O)COC(=O)c2c(NC(=O)C3CC3)sc(C)c2C)cc1. The summed E-state index contributed by atoms with van der Waals surface area (Å²) in [5, 5.41) is 6.02. The van der Waals surface area contributed by atoms with Crippen molar-refractivity contribution < 1.29 is 19.1 Å². The van der Waals surface area contributed by atoms with Crippen molar-refractivity contribution in [1.29, 1.82) is 0 Å². The third-order valence-corrected chi connectivity index (χ3v) is 6.35. The number of thiophene rings is 1. The van der Waals surface area contributed by atoms with Crippen LogP contribution in [0.2, 0.25) is 0 Å². The molecule has 6 nitrogen and oxygen atoms in total. The first kappa shape index (κ1) is 20.4. The molecule has 1 fully saturated rings. The van der Waals surface area contributed by atoms with Gasteiger partial charge in [-0.25, -0.2) is 4.79 Å². The number of hydrogen-bond acceptors (Lipinski definition) is 6. The Morgan fingerprint density at radius 2 is 1.82 bits per heavy atom. The standard InChI is InChI=1S/C20H22N2O4S2/c1-11-12(2)28-19(22-18(24)13-4-5-13)17(11)20(25)26-10-16(23)21-14-6-8-15(27-3)9-7-14/h6-9,13H,4-5,10H2,1-3H3,(H,21,23)(H,22,24). The number of ether oxygens (including phenoxy) is 1. The lowest BCUT2D eigenvalue weighted by Gasteiger charge is -2.09. The topological polar surface area (TPSA) is 84.5 Å². The maximum atomic E-state index is 12.6. The van der Waals surface area contributed by atoms with Crippen molar-refractivity contribution in [3.05, 3.63) is 40.3 Å². The van der Waals surface area contributed by atoms with Gasteiger partial charge < -0.3 is 15.4 Å². The minimum atomic E-state index is -0.610. The van der Waals surface area contributed by atoms with E-state index in [0.29, 0.717) is 16.3 Å². The van der Waals surface area contributed by atoms with Crippen molar-refractivity contribution in [2.45, 2.75) is 31.6 Å². The van der Waals surface area contributed by atoms with Gasteiger partial charge in [0.2, 0.25) is 5.91 Å². The van der Waals surface area contributed by atoms with E-state index in [1.807, 2.05) is 32.2 Å². The van der Waals surface area contributed by atoms with Crippen molar-refractivity contribution in [3.63, 3.8) is 0 Å². The molecule has 1 aromatic heterocycles. The van der Waals surface area contributed by atoms with Crippen LogP contribution in [0.25, 0.3) is 0 Å². The predicted octanol–water partition coefficient (Wildman–Crippen LogP) is 4.23. The highest BCUT2D eigenvalue weighted by Gasteiger charge is 2.31. The molecule has 1 saturated carbocycles. The fourth-order valence-electron chi connectivity index (χ4n) is 2.59. The molecular weight excluding hydrogens is 396 g/mol. The van der Waals surface area contributed by atoms with E-state index >= 15 is 0 Å². The zero-order chi connectivity index (χ0) is 20.3. The van der Waals surface area contributed by atoms with Gasteiger partial charge >= 0.3 is 5.97 Å². The molecule has 0 radical (unpaired) electrons. The lowest BCUT2D eigenvalue weighted by Crippen LogP contribution is -2.22. The summed E-state index contributed by atoms with van der Waals surface area (Å²) < 4.78 is 5.20. The third-order valence-electron chi connectivity index (χ3n) is 4.48. The lowest BCUT2D eigenvalue weighted by atomic mass is 10.1. The van der Waals surface area contributed by atoms with Crippen LogP contribution in [0.3, 0.4) is 0 Å². The smallest absolute Gasteiger partial charge is 0.341 e. The molecule has 8 heteroatoms. The number of anilines is 2. The number of amides is 2. The molecular formula is C20H22N2O4S2. The normalized spacial score (nSPS) is 13.1. The molecule has 2 aromatic rings. The van der Waals surface area contributed by atoms with Crippen LogP contribution in [0.5, 0.6) is 0 Å². The second-order valence-corrected chi connectivity index (χ2v) is 8.71. The average Bonchev–Trinajstić information content (AvgIpc) is 3.48. The first-order chi connectivity index (χ1) is 13.4. The molecule has 1 aromatic carbocycles. The van der Waals surface area contributed by atoms with E-state index in [1.165, 1.54) is 11.3 Å². The molecule has 148 valence electrons. The van der Waals surface area contributed by atoms with Crippen molar-refractivity contribution in [1.82, 2.24) is 0 Å². The summed E-state index contributed by atoms with van der Waals surface area (Å²) >= 11 is 2.96. The van der Waals surface area contributed by atoms with Gasteiger partial charge in [0.25, 0.3) is 5.91 Å². The number of nitrogens with one attached hydrogen (secondary N) is 2. The molecule has 1 heterocycles. The van der Waals surface area contributed by atoms with Crippen LogP contribution >= 0.6 is 23.1 Å². The van der Waals surface area contributed by atoms with Crippen LogP contribution in [-0.4, -0.2) is 30.6 Å². The zero-order valence-corrected chi connectivity index (χ0v) is 17.6. The van der Waals surface area contributed by atoms with E-state index in [1.54, 1.807) is 23.9 Å². The highest BCUT2D eigenvalue weighted by molar-refractivity contribution is 7.98.